The summed E-state index contributed by atoms with van der Waals surface area (Å²) in [6.45, 7) is 12.0. The third kappa shape index (κ3) is 6.61. The minimum absolute atomic E-state index is 0.0696. The number of nitrogens with one attached hydrogen (secondary N) is 1. The number of rotatable bonds is 9. The minimum atomic E-state index is -0.103. The van der Waals surface area contributed by atoms with Gasteiger partial charge >= 0.3 is 5.97 Å². The first-order valence-electron chi connectivity index (χ1n) is 8.35. The number of ether oxygens (including phenoxy) is 1. The molecule has 1 aromatic rings. The molecule has 1 aromatic carbocycles. The number of carbonyl (C=O) groups is 1. The highest BCUT2D eigenvalue weighted by Gasteiger charge is 2.21. The van der Waals surface area contributed by atoms with Gasteiger partial charge in [0.25, 0.3) is 0 Å². The molecule has 1 N–H and O–H groups in total. The summed E-state index contributed by atoms with van der Waals surface area (Å²) in [5.74, 6) is 0.770. The second-order valence-corrected chi connectivity index (χ2v) is 6.63. The lowest BCUT2D eigenvalue weighted by molar-refractivity contribution is -0.151. The predicted molar refractivity (Wildman–Crippen MR) is 91.5 cm³/mol. The van der Waals surface area contributed by atoms with Crippen molar-refractivity contribution in [2.75, 3.05) is 6.54 Å². The Labute approximate surface area is 135 Å². The standard InChI is InChI=1S/C19H31NO2/c1-14(2)17(5)20-12-11-15(3)16(4)19(21)22-13-18-9-7-6-8-10-18/h6-10,14-17,20H,11-13H2,1-5H3. The number of hydrogen-bond acceptors (Lipinski definition) is 3. The smallest absolute Gasteiger partial charge is 0.309 e. The molecule has 0 fully saturated rings. The Morgan fingerprint density at radius 1 is 1.09 bits per heavy atom. The third-order valence-corrected chi connectivity index (χ3v) is 4.52. The van der Waals surface area contributed by atoms with Gasteiger partial charge in [0.05, 0.1) is 5.92 Å². The third-order valence-electron chi connectivity index (χ3n) is 4.52. The van der Waals surface area contributed by atoms with Crippen LogP contribution in [0.3, 0.4) is 0 Å². The minimum Gasteiger partial charge on any atom is -0.461 e. The van der Waals surface area contributed by atoms with E-state index in [1.165, 1.54) is 0 Å². The van der Waals surface area contributed by atoms with E-state index in [0.29, 0.717) is 24.5 Å². The van der Waals surface area contributed by atoms with Crippen molar-refractivity contribution in [3.8, 4) is 0 Å². The van der Waals surface area contributed by atoms with Gasteiger partial charge in [0.2, 0.25) is 0 Å². The Balaban J connectivity index is 2.29. The number of benzene rings is 1. The van der Waals surface area contributed by atoms with E-state index >= 15 is 0 Å². The van der Waals surface area contributed by atoms with E-state index in [0.717, 1.165) is 18.5 Å². The fraction of sp³-hybridized carbons (Fsp3) is 0.632. The maximum absolute atomic E-state index is 12.1. The Morgan fingerprint density at radius 2 is 1.73 bits per heavy atom. The van der Waals surface area contributed by atoms with Crippen LogP contribution in [0.5, 0.6) is 0 Å². The van der Waals surface area contributed by atoms with Gasteiger partial charge in [-0.3, -0.25) is 4.79 Å². The average Bonchev–Trinajstić information content (AvgIpc) is 2.52. The van der Waals surface area contributed by atoms with Crippen molar-refractivity contribution in [3.63, 3.8) is 0 Å². The molecule has 0 saturated carbocycles. The van der Waals surface area contributed by atoms with Crippen molar-refractivity contribution in [2.24, 2.45) is 17.8 Å². The molecule has 0 aliphatic carbocycles. The van der Waals surface area contributed by atoms with Crippen molar-refractivity contribution in [1.82, 2.24) is 5.32 Å². The van der Waals surface area contributed by atoms with Gasteiger partial charge in [-0.2, -0.15) is 0 Å². The van der Waals surface area contributed by atoms with Crippen LogP contribution >= 0.6 is 0 Å². The highest BCUT2D eigenvalue weighted by molar-refractivity contribution is 5.72. The van der Waals surface area contributed by atoms with Crippen molar-refractivity contribution in [3.05, 3.63) is 35.9 Å². The number of carbonyl (C=O) groups excluding carboxylic acids is 1. The van der Waals surface area contributed by atoms with Crippen LogP contribution in [0, 0.1) is 17.8 Å². The average molecular weight is 305 g/mol. The SMILES string of the molecule is CC(C)C(C)NCCC(C)C(C)C(=O)OCc1ccccc1. The molecule has 0 aromatic heterocycles. The molecule has 0 bridgehead atoms. The van der Waals surface area contributed by atoms with E-state index in [1.807, 2.05) is 37.3 Å². The molecule has 0 aliphatic heterocycles. The van der Waals surface area contributed by atoms with E-state index in [1.54, 1.807) is 0 Å². The summed E-state index contributed by atoms with van der Waals surface area (Å²) in [7, 11) is 0. The Kier molecular flexibility index (Phi) is 8.18. The molecule has 3 heteroatoms. The van der Waals surface area contributed by atoms with Gasteiger partial charge < -0.3 is 10.1 Å². The van der Waals surface area contributed by atoms with Gasteiger partial charge in [0, 0.05) is 6.04 Å². The van der Waals surface area contributed by atoms with Gasteiger partial charge in [-0.1, -0.05) is 58.0 Å². The lowest BCUT2D eigenvalue weighted by Gasteiger charge is -2.22. The van der Waals surface area contributed by atoms with Crippen LogP contribution in [-0.2, 0) is 16.1 Å². The number of esters is 1. The summed E-state index contributed by atoms with van der Waals surface area (Å²) in [6.07, 6.45) is 0.985. The highest BCUT2D eigenvalue weighted by atomic mass is 16.5. The first-order valence-corrected chi connectivity index (χ1v) is 8.35. The molecule has 0 amide bonds. The predicted octanol–water partition coefficient (Wildman–Crippen LogP) is 4.03. The fourth-order valence-corrected chi connectivity index (χ4v) is 2.12. The normalized spacial score (nSPS) is 15.4. The molecule has 0 aliphatic rings. The second kappa shape index (κ2) is 9.62. The van der Waals surface area contributed by atoms with Crippen molar-refractivity contribution < 1.29 is 9.53 Å². The molecule has 0 spiro atoms. The summed E-state index contributed by atoms with van der Waals surface area (Å²) in [5, 5.41) is 3.51. The number of hydrogen-bond donors (Lipinski definition) is 1. The summed E-state index contributed by atoms with van der Waals surface area (Å²) >= 11 is 0. The van der Waals surface area contributed by atoms with E-state index in [2.05, 4.69) is 33.0 Å². The summed E-state index contributed by atoms with van der Waals surface area (Å²) in [4.78, 5) is 12.1. The molecular weight excluding hydrogens is 274 g/mol. The Hall–Kier alpha value is -1.35. The second-order valence-electron chi connectivity index (χ2n) is 6.63. The van der Waals surface area contributed by atoms with E-state index in [-0.39, 0.29) is 11.9 Å². The zero-order valence-electron chi connectivity index (χ0n) is 14.6. The van der Waals surface area contributed by atoms with Gasteiger partial charge in [0.15, 0.2) is 0 Å². The van der Waals surface area contributed by atoms with Crippen LogP contribution in [0.2, 0.25) is 0 Å². The van der Waals surface area contributed by atoms with E-state index < -0.39 is 0 Å². The topological polar surface area (TPSA) is 38.3 Å². The van der Waals surface area contributed by atoms with Crippen LogP contribution in [0.15, 0.2) is 30.3 Å². The molecule has 0 saturated heterocycles. The zero-order valence-corrected chi connectivity index (χ0v) is 14.6. The van der Waals surface area contributed by atoms with Crippen molar-refractivity contribution >= 4 is 5.97 Å². The van der Waals surface area contributed by atoms with Crippen LogP contribution in [-0.4, -0.2) is 18.6 Å². The van der Waals surface area contributed by atoms with Crippen LogP contribution < -0.4 is 5.32 Å². The molecule has 0 radical (unpaired) electrons. The van der Waals surface area contributed by atoms with Gasteiger partial charge in [0.1, 0.15) is 6.61 Å². The molecule has 0 heterocycles. The maximum atomic E-state index is 12.1. The summed E-state index contributed by atoms with van der Waals surface area (Å²) < 4.78 is 5.42. The highest BCUT2D eigenvalue weighted by Crippen LogP contribution is 2.17. The van der Waals surface area contributed by atoms with E-state index in [4.69, 9.17) is 4.74 Å². The largest absolute Gasteiger partial charge is 0.461 e. The molecule has 3 nitrogen and oxygen atoms in total. The maximum Gasteiger partial charge on any atom is 0.309 e. The molecule has 124 valence electrons. The van der Waals surface area contributed by atoms with Crippen molar-refractivity contribution in [2.45, 2.75) is 53.7 Å². The molecule has 1 rings (SSSR count). The molecule has 3 atom stereocenters. The Bertz CT molecular complexity index is 430. The molecular formula is C19H31NO2. The monoisotopic (exact) mass is 305 g/mol. The van der Waals surface area contributed by atoms with Crippen LogP contribution in [0.1, 0.15) is 46.6 Å². The van der Waals surface area contributed by atoms with Crippen LogP contribution in [0.4, 0.5) is 0 Å². The lowest BCUT2D eigenvalue weighted by Crippen LogP contribution is -2.33. The summed E-state index contributed by atoms with van der Waals surface area (Å²) in [6, 6.07) is 10.3. The zero-order chi connectivity index (χ0) is 16.5. The first-order chi connectivity index (χ1) is 10.4. The fourth-order valence-electron chi connectivity index (χ4n) is 2.12. The molecule has 22 heavy (non-hydrogen) atoms. The molecule has 3 unspecified atom stereocenters. The van der Waals surface area contributed by atoms with Gasteiger partial charge in [-0.15, -0.1) is 0 Å². The lowest BCUT2D eigenvalue weighted by atomic mass is 9.92. The van der Waals surface area contributed by atoms with Gasteiger partial charge in [-0.25, -0.2) is 0 Å². The quantitative estimate of drug-likeness (QED) is 0.700. The first kappa shape index (κ1) is 18.7. The van der Waals surface area contributed by atoms with Crippen LogP contribution in [0.25, 0.3) is 0 Å². The summed E-state index contributed by atoms with van der Waals surface area (Å²) in [5.41, 5.74) is 1.03. The Morgan fingerprint density at radius 3 is 2.32 bits per heavy atom. The van der Waals surface area contributed by atoms with E-state index in [9.17, 15) is 4.79 Å². The van der Waals surface area contributed by atoms with Gasteiger partial charge in [-0.05, 0) is 37.3 Å². The van der Waals surface area contributed by atoms with Crippen molar-refractivity contribution in [1.29, 1.82) is 0 Å².